The molecule has 0 fully saturated rings. The molecule has 0 aliphatic heterocycles. The average Bonchev–Trinajstić information content (AvgIpc) is 2.55. The molecule has 2 rings (SSSR count). The predicted molar refractivity (Wildman–Crippen MR) is 90.4 cm³/mol. The van der Waals surface area contributed by atoms with E-state index < -0.39 is 10.0 Å². The Morgan fingerprint density at radius 1 is 1.12 bits per heavy atom. The molecule has 0 aromatic heterocycles. The average molecular weight is 350 g/mol. The van der Waals surface area contributed by atoms with Gasteiger partial charge in [0.1, 0.15) is 10.6 Å². The van der Waals surface area contributed by atoms with Crippen molar-refractivity contribution in [1.82, 2.24) is 0 Å². The number of carbonyl (C=O) groups is 1. The van der Waals surface area contributed by atoms with Gasteiger partial charge in [0.15, 0.2) is 0 Å². The van der Waals surface area contributed by atoms with Crippen molar-refractivity contribution >= 4 is 27.4 Å². The van der Waals surface area contributed by atoms with Gasteiger partial charge in [-0.25, -0.2) is 8.42 Å². The van der Waals surface area contributed by atoms with Crippen LogP contribution in [0.15, 0.2) is 47.4 Å². The Bertz CT molecular complexity index is 832. The molecule has 0 spiro atoms. The van der Waals surface area contributed by atoms with Crippen LogP contribution in [0.4, 0.5) is 11.4 Å². The Hall–Kier alpha value is -2.74. The van der Waals surface area contributed by atoms with Crippen LogP contribution in [0.2, 0.25) is 0 Å². The first-order chi connectivity index (χ1) is 11.4. The van der Waals surface area contributed by atoms with Gasteiger partial charge >= 0.3 is 5.97 Å². The van der Waals surface area contributed by atoms with E-state index in [1.165, 1.54) is 32.4 Å². The molecule has 0 saturated carbocycles. The maximum absolute atomic E-state index is 12.4. The highest BCUT2D eigenvalue weighted by Crippen LogP contribution is 2.25. The van der Waals surface area contributed by atoms with E-state index in [2.05, 4.69) is 9.46 Å². The summed E-state index contributed by atoms with van der Waals surface area (Å²) in [5.74, 6) is 0.105. The highest BCUT2D eigenvalue weighted by atomic mass is 32.2. The number of rotatable bonds is 6. The van der Waals surface area contributed by atoms with Gasteiger partial charge in [0.25, 0.3) is 10.0 Å². The third kappa shape index (κ3) is 4.17. The summed E-state index contributed by atoms with van der Waals surface area (Å²) in [6, 6.07) is 10.8. The zero-order valence-corrected chi connectivity index (χ0v) is 14.1. The van der Waals surface area contributed by atoms with Crippen LogP contribution in [0.3, 0.4) is 0 Å². The maximum Gasteiger partial charge on any atom is 0.309 e. The minimum Gasteiger partial charge on any atom is -0.497 e. The van der Waals surface area contributed by atoms with Crippen LogP contribution in [-0.2, 0) is 26.0 Å². The SMILES string of the molecule is COC(=O)Cc1ccc(NS(=O)(=O)c2ccc(OC)cc2N)cc1. The molecular weight excluding hydrogens is 332 g/mol. The van der Waals surface area contributed by atoms with Crippen molar-refractivity contribution in [2.24, 2.45) is 0 Å². The normalized spacial score (nSPS) is 10.9. The Morgan fingerprint density at radius 2 is 1.79 bits per heavy atom. The number of carbonyl (C=O) groups excluding carboxylic acids is 1. The molecule has 3 N–H and O–H groups in total. The van der Waals surface area contributed by atoms with Gasteiger partial charge in [-0.05, 0) is 29.8 Å². The summed E-state index contributed by atoms with van der Waals surface area (Å²) in [5.41, 5.74) is 6.94. The first-order valence-electron chi connectivity index (χ1n) is 6.98. The van der Waals surface area contributed by atoms with Gasteiger partial charge in [-0.3, -0.25) is 9.52 Å². The van der Waals surface area contributed by atoms with E-state index in [-0.39, 0.29) is 23.0 Å². The van der Waals surface area contributed by atoms with Crippen molar-refractivity contribution in [3.05, 3.63) is 48.0 Å². The molecule has 0 unspecified atom stereocenters. The maximum atomic E-state index is 12.4. The summed E-state index contributed by atoms with van der Waals surface area (Å²) < 4.78 is 36.9. The molecule has 0 amide bonds. The molecule has 8 heteroatoms. The van der Waals surface area contributed by atoms with Crippen molar-refractivity contribution in [3.8, 4) is 5.75 Å². The summed E-state index contributed by atoms with van der Waals surface area (Å²) in [6.45, 7) is 0. The largest absolute Gasteiger partial charge is 0.497 e. The highest BCUT2D eigenvalue weighted by Gasteiger charge is 2.18. The Balaban J connectivity index is 2.18. The summed E-state index contributed by atoms with van der Waals surface area (Å²) in [6.07, 6.45) is 0.120. The molecule has 7 nitrogen and oxygen atoms in total. The first-order valence-corrected chi connectivity index (χ1v) is 8.46. The molecule has 0 radical (unpaired) electrons. The number of nitrogen functional groups attached to an aromatic ring is 1. The summed E-state index contributed by atoms with van der Waals surface area (Å²) in [4.78, 5) is 11.2. The summed E-state index contributed by atoms with van der Waals surface area (Å²) in [5, 5.41) is 0. The standard InChI is InChI=1S/C16H18N2O5S/c1-22-13-7-8-15(14(17)10-13)24(20,21)18-12-5-3-11(4-6-12)9-16(19)23-2/h3-8,10,18H,9,17H2,1-2H3. The van der Waals surface area contributed by atoms with Crippen molar-refractivity contribution in [2.45, 2.75) is 11.3 Å². The van der Waals surface area contributed by atoms with Gasteiger partial charge in [0, 0.05) is 11.8 Å². The van der Waals surface area contributed by atoms with Crippen LogP contribution in [-0.4, -0.2) is 28.6 Å². The van der Waals surface area contributed by atoms with Crippen LogP contribution in [0.25, 0.3) is 0 Å². The quantitative estimate of drug-likeness (QED) is 0.607. The molecule has 2 aromatic carbocycles. The van der Waals surface area contributed by atoms with Crippen LogP contribution in [0.1, 0.15) is 5.56 Å². The van der Waals surface area contributed by atoms with Crippen molar-refractivity contribution in [3.63, 3.8) is 0 Å². The number of sulfonamides is 1. The third-order valence-corrected chi connectivity index (χ3v) is 4.74. The van der Waals surface area contributed by atoms with Crippen LogP contribution in [0.5, 0.6) is 5.75 Å². The van der Waals surface area contributed by atoms with Crippen molar-refractivity contribution < 1.29 is 22.7 Å². The fraction of sp³-hybridized carbons (Fsp3) is 0.188. The van der Waals surface area contributed by atoms with Crippen LogP contribution in [0, 0.1) is 0 Å². The third-order valence-electron chi connectivity index (χ3n) is 3.29. The minimum absolute atomic E-state index is 0.0399. The number of hydrogen-bond donors (Lipinski definition) is 2. The zero-order valence-electron chi connectivity index (χ0n) is 13.3. The molecule has 2 aromatic rings. The number of ether oxygens (including phenoxy) is 2. The molecule has 0 saturated heterocycles. The number of anilines is 2. The smallest absolute Gasteiger partial charge is 0.309 e. The van der Waals surface area contributed by atoms with E-state index in [4.69, 9.17) is 10.5 Å². The monoisotopic (exact) mass is 350 g/mol. The van der Waals surface area contributed by atoms with Gasteiger partial charge in [-0.15, -0.1) is 0 Å². The molecule has 0 heterocycles. The molecular formula is C16H18N2O5S. The van der Waals surface area contributed by atoms with Crippen LogP contribution >= 0.6 is 0 Å². The van der Waals surface area contributed by atoms with Gasteiger partial charge in [-0.1, -0.05) is 12.1 Å². The molecule has 0 atom stereocenters. The van der Waals surface area contributed by atoms with E-state index in [0.29, 0.717) is 17.0 Å². The molecule has 0 bridgehead atoms. The van der Waals surface area contributed by atoms with Gasteiger partial charge in [0.2, 0.25) is 0 Å². The van der Waals surface area contributed by atoms with Crippen molar-refractivity contribution in [1.29, 1.82) is 0 Å². The van der Waals surface area contributed by atoms with Gasteiger partial charge < -0.3 is 15.2 Å². The van der Waals surface area contributed by atoms with Gasteiger partial charge in [-0.2, -0.15) is 0 Å². The van der Waals surface area contributed by atoms with E-state index in [1.54, 1.807) is 24.3 Å². The lowest BCUT2D eigenvalue weighted by Gasteiger charge is -2.11. The fourth-order valence-electron chi connectivity index (χ4n) is 2.04. The Labute approximate surface area is 140 Å². The number of nitrogens with one attached hydrogen (secondary N) is 1. The first kappa shape index (κ1) is 17.6. The van der Waals surface area contributed by atoms with E-state index in [1.807, 2.05) is 0 Å². The lowest BCUT2D eigenvalue weighted by atomic mass is 10.1. The van der Waals surface area contributed by atoms with Crippen molar-refractivity contribution in [2.75, 3.05) is 24.7 Å². The minimum atomic E-state index is -3.83. The number of hydrogen-bond acceptors (Lipinski definition) is 6. The zero-order chi connectivity index (χ0) is 17.7. The molecule has 128 valence electrons. The van der Waals surface area contributed by atoms with Gasteiger partial charge in [0.05, 0.1) is 26.3 Å². The molecule has 24 heavy (non-hydrogen) atoms. The summed E-state index contributed by atoms with van der Waals surface area (Å²) in [7, 11) is -1.05. The number of methoxy groups -OCH3 is 2. The second-order valence-electron chi connectivity index (χ2n) is 4.96. The Morgan fingerprint density at radius 3 is 2.33 bits per heavy atom. The van der Waals surface area contributed by atoms with E-state index in [9.17, 15) is 13.2 Å². The number of nitrogens with two attached hydrogens (primary N) is 1. The second kappa shape index (κ2) is 7.22. The molecule has 0 aliphatic rings. The Kier molecular flexibility index (Phi) is 5.30. The number of esters is 1. The number of benzene rings is 2. The summed E-state index contributed by atoms with van der Waals surface area (Å²) >= 11 is 0. The lowest BCUT2D eigenvalue weighted by Crippen LogP contribution is -2.15. The van der Waals surface area contributed by atoms with Crippen LogP contribution < -0.4 is 15.2 Å². The molecule has 0 aliphatic carbocycles. The fourth-order valence-corrected chi connectivity index (χ4v) is 3.21. The highest BCUT2D eigenvalue weighted by molar-refractivity contribution is 7.92. The van der Waals surface area contributed by atoms with E-state index >= 15 is 0 Å². The van der Waals surface area contributed by atoms with E-state index in [0.717, 1.165) is 0 Å². The second-order valence-corrected chi connectivity index (χ2v) is 6.61. The lowest BCUT2D eigenvalue weighted by molar-refractivity contribution is -0.139. The topological polar surface area (TPSA) is 108 Å². The predicted octanol–water partition coefficient (Wildman–Crippen LogP) is 1.79.